The summed E-state index contributed by atoms with van der Waals surface area (Å²) in [6.45, 7) is 5.59. The Balaban J connectivity index is 1.49. The highest BCUT2D eigenvalue weighted by molar-refractivity contribution is 6.09. The molecule has 0 bridgehead atoms. The van der Waals surface area contributed by atoms with Crippen LogP contribution in [-0.2, 0) is 0 Å². The van der Waals surface area contributed by atoms with Crippen molar-refractivity contribution in [1.82, 2.24) is 0 Å². The van der Waals surface area contributed by atoms with Gasteiger partial charge in [-0.3, -0.25) is 4.79 Å². The maximum Gasteiger partial charge on any atom is 0.337 e. The smallest absolute Gasteiger partial charge is 0.337 e. The molecule has 8 nitrogen and oxygen atoms in total. The van der Waals surface area contributed by atoms with Gasteiger partial charge in [0.2, 0.25) is 0 Å². The number of carbonyl (C=O) groups is 2. The monoisotopic (exact) mass is 475 g/mol. The molecule has 0 radical (unpaired) electrons. The SMILES string of the molecule is CCOc1ccccc1N1CCN(c2ccc(NC(=O)c3ccccc3OC)c(C(=O)O)c2)CC1. The number of carboxylic acids is 1. The van der Waals surface area contributed by atoms with Crippen molar-refractivity contribution >= 4 is 28.9 Å². The van der Waals surface area contributed by atoms with Crippen LogP contribution in [0, 0.1) is 0 Å². The first-order valence-corrected chi connectivity index (χ1v) is 11.5. The molecule has 1 aliphatic rings. The Kier molecular flexibility index (Phi) is 7.40. The van der Waals surface area contributed by atoms with Crippen LogP contribution in [0.2, 0.25) is 0 Å². The van der Waals surface area contributed by atoms with Gasteiger partial charge in [-0.25, -0.2) is 4.79 Å². The molecule has 1 aliphatic heterocycles. The lowest BCUT2D eigenvalue weighted by atomic mass is 10.1. The molecule has 1 fully saturated rings. The second-order valence-corrected chi connectivity index (χ2v) is 8.06. The summed E-state index contributed by atoms with van der Waals surface area (Å²) in [5.41, 5.74) is 2.47. The molecule has 0 spiro atoms. The predicted molar refractivity (Wildman–Crippen MR) is 136 cm³/mol. The normalized spacial score (nSPS) is 13.3. The average molecular weight is 476 g/mol. The summed E-state index contributed by atoms with van der Waals surface area (Å²) in [5, 5.41) is 12.5. The minimum Gasteiger partial charge on any atom is -0.496 e. The van der Waals surface area contributed by atoms with E-state index >= 15 is 0 Å². The molecule has 35 heavy (non-hydrogen) atoms. The molecule has 0 unspecified atom stereocenters. The van der Waals surface area contributed by atoms with Gasteiger partial charge in [0.05, 0.1) is 36.2 Å². The van der Waals surface area contributed by atoms with Crippen LogP contribution in [-0.4, -0.2) is 56.9 Å². The molecule has 0 aromatic heterocycles. The number of aromatic carboxylic acids is 1. The molecule has 0 saturated carbocycles. The molecule has 2 N–H and O–H groups in total. The first-order chi connectivity index (χ1) is 17.0. The summed E-state index contributed by atoms with van der Waals surface area (Å²) in [6.07, 6.45) is 0. The van der Waals surface area contributed by atoms with Crippen molar-refractivity contribution in [2.24, 2.45) is 0 Å². The van der Waals surface area contributed by atoms with Crippen LogP contribution >= 0.6 is 0 Å². The zero-order chi connectivity index (χ0) is 24.8. The molecule has 3 aromatic rings. The largest absolute Gasteiger partial charge is 0.496 e. The van der Waals surface area contributed by atoms with Crippen molar-refractivity contribution in [3.05, 3.63) is 77.9 Å². The third kappa shape index (κ3) is 5.32. The zero-order valence-electron chi connectivity index (χ0n) is 19.9. The van der Waals surface area contributed by atoms with Crippen LogP contribution in [0.1, 0.15) is 27.6 Å². The lowest BCUT2D eigenvalue weighted by Crippen LogP contribution is -2.46. The number of para-hydroxylation sites is 3. The van der Waals surface area contributed by atoms with Crippen LogP contribution in [0.15, 0.2) is 66.7 Å². The quantitative estimate of drug-likeness (QED) is 0.500. The van der Waals surface area contributed by atoms with Crippen LogP contribution in [0.3, 0.4) is 0 Å². The van der Waals surface area contributed by atoms with E-state index in [1.54, 1.807) is 36.4 Å². The molecule has 0 aliphatic carbocycles. The van der Waals surface area contributed by atoms with E-state index in [0.717, 1.165) is 43.3 Å². The second-order valence-electron chi connectivity index (χ2n) is 8.06. The highest BCUT2D eigenvalue weighted by Crippen LogP contribution is 2.31. The van der Waals surface area contributed by atoms with Gasteiger partial charge in [-0.1, -0.05) is 24.3 Å². The number of rotatable bonds is 8. The van der Waals surface area contributed by atoms with E-state index in [2.05, 4.69) is 21.2 Å². The van der Waals surface area contributed by atoms with Gasteiger partial charge in [-0.15, -0.1) is 0 Å². The lowest BCUT2D eigenvalue weighted by Gasteiger charge is -2.38. The van der Waals surface area contributed by atoms with Crippen molar-refractivity contribution in [3.63, 3.8) is 0 Å². The van der Waals surface area contributed by atoms with Gasteiger partial charge in [-0.05, 0) is 49.4 Å². The van der Waals surface area contributed by atoms with E-state index < -0.39 is 11.9 Å². The number of carbonyl (C=O) groups excluding carboxylic acids is 1. The molecule has 1 amide bonds. The fourth-order valence-corrected chi connectivity index (χ4v) is 4.24. The number of benzene rings is 3. The van der Waals surface area contributed by atoms with Crippen molar-refractivity contribution in [2.45, 2.75) is 6.92 Å². The van der Waals surface area contributed by atoms with E-state index in [0.29, 0.717) is 17.9 Å². The van der Waals surface area contributed by atoms with Crippen LogP contribution < -0.4 is 24.6 Å². The third-order valence-corrected chi connectivity index (χ3v) is 5.98. The maximum absolute atomic E-state index is 12.8. The fraction of sp³-hybridized carbons (Fsp3) is 0.259. The number of hydrogen-bond acceptors (Lipinski definition) is 6. The molecule has 3 aromatic carbocycles. The predicted octanol–water partition coefficient (Wildman–Crippen LogP) is 4.37. The second kappa shape index (κ2) is 10.8. The van der Waals surface area contributed by atoms with E-state index in [-0.39, 0.29) is 11.3 Å². The molecule has 182 valence electrons. The number of anilines is 3. The standard InChI is InChI=1S/C27H29N3O5/c1-3-35-25-11-7-5-9-23(25)30-16-14-29(15-17-30)19-12-13-22(21(18-19)27(32)33)28-26(31)20-8-4-6-10-24(20)34-2/h4-13,18H,3,14-17H2,1-2H3,(H,28,31)(H,32,33). The summed E-state index contributed by atoms with van der Waals surface area (Å²) >= 11 is 0. The van der Waals surface area contributed by atoms with Crippen molar-refractivity contribution < 1.29 is 24.2 Å². The number of piperazine rings is 1. The van der Waals surface area contributed by atoms with Crippen LogP contribution in [0.4, 0.5) is 17.1 Å². The van der Waals surface area contributed by atoms with Gasteiger partial charge >= 0.3 is 5.97 Å². The van der Waals surface area contributed by atoms with Gasteiger partial charge in [-0.2, -0.15) is 0 Å². The average Bonchev–Trinajstić information content (AvgIpc) is 2.89. The summed E-state index contributed by atoms with van der Waals surface area (Å²) in [5.74, 6) is -0.250. The van der Waals surface area contributed by atoms with Crippen molar-refractivity contribution in [2.75, 3.05) is 55.0 Å². The number of carboxylic acid groups (broad SMARTS) is 1. The van der Waals surface area contributed by atoms with E-state index in [1.807, 2.05) is 31.2 Å². The number of amides is 1. The number of nitrogens with zero attached hydrogens (tertiary/aromatic N) is 2. The van der Waals surface area contributed by atoms with E-state index in [4.69, 9.17) is 9.47 Å². The Bertz CT molecular complexity index is 1200. The Morgan fingerprint density at radius 3 is 2.23 bits per heavy atom. The molecule has 1 saturated heterocycles. The highest BCUT2D eigenvalue weighted by Gasteiger charge is 2.22. The first kappa shape index (κ1) is 23.9. The molecular weight excluding hydrogens is 446 g/mol. The Morgan fingerprint density at radius 1 is 0.886 bits per heavy atom. The Hall–Kier alpha value is -4.20. The number of hydrogen-bond donors (Lipinski definition) is 2. The van der Waals surface area contributed by atoms with Crippen LogP contribution in [0.5, 0.6) is 11.5 Å². The fourth-order valence-electron chi connectivity index (χ4n) is 4.24. The molecular formula is C27H29N3O5. The number of nitrogens with one attached hydrogen (secondary N) is 1. The summed E-state index contributed by atoms with van der Waals surface area (Å²) in [7, 11) is 1.48. The third-order valence-electron chi connectivity index (χ3n) is 5.98. The van der Waals surface area contributed by atoms with Crippen molar-refractivity contribution in [1.29, 1.82) is 0 Å². The number of ether oxygens (including phenoxy) is 2. The minimum atomic E-state index is -1.11. The Labute approximate surface area is 204 Å². The topological polar surface area (TPSA) is 91.3 Å². The number of methoxy groups -OCH3 is 1. The van der Waals surface area contributed by atoms with Gasteiger partial charge in [0.1, 0.15) is 11.5 Å². The zero-order valence-corrected chi connectivity index (χ0v) is 19.9. The van der Waals surface area contributed by atoms with Gasteiger partial charge in [0.25, 0.3) is 5.91 Å². The van der Waals surface area contributed by atoms with Gasteiger partial charge < -0.3 is 29.7 Å². The van der Waals surface area contributed by atoms with Crippen molar-refractivity contribution in [3.8, 4) is 11.5 Å². The maximum atomic E-state index is 12.8. The highest BCUT2D eigenvalue weighted by atomic mass is 16.5. The Morgan fingerprint density at radius 2 is 1.54 bits per heavy atom. The summed E-state index contributed by atoms with van der Waals surface area (Å²) in [4.78, 5) is 29.2. The van der Waals surface area contributed by atoms with Crippen LogP contribution in [0.25, 0.3) is 0 Å². The molecule has 4 rings (SSSR count). The lowest BCUT2D eigenvalue weighted by molar-refractivity contribution is 0.0698. The summed E-state index contributed by atoms with van der Waals surface area (Å²) < 4.78 is 11.0. The molecule has 0 atom stereocenters. The van der Waals surface area contributed by atoms with E-state index in [9.17, 15) is 14.7 Å². The van der Waals surface area contributed by atoms with Gasteiger partial charge in [0.15, 0.2) is 0 Å². The van der Waals surface area contributed by atoms with Gasteiger partial charge in [0, 0.05) is 31.9 Å². The summed E-state index contributed by atoms with van der Waals surface area (Å²) in [6, 6.07) is 19.9. The van der Waals surface area contributed by atoms with E-state index in [1.165, 1.54) is 7.11 Å². The minimum absolute atomic E-state index is 0.0369. The molecule has 8 heteroatoms. The first-order valence-electron chi connectivity index (χ1n) is 11.5. The molecule has 1 heterocycles.